The standard InChI is InChI=1S/C25H23NO3.2CH3.2ClH.HNO2.Pt/c1-4-26(5-2)17-11-13-21-23(15-17)29-22-14-16(3)10-12-20(22)24(21)18-8-6-7-9-19(18)25(27)28;;;;;2-1-3;/h6-15H,3-5H2,1-2H3,(H,27,28);2*1H3;2*1H;(H,2,3);/q;2*-1;;;;+4/p-3. The number of hydrogen-bond donors (Lipinski definition) is 1. The average Bonchev–Trinajstić information content (AvgIpc) is 2.84. The van der Waals surface area contributed by atoms with E-state index in [0.29, 0.717) is 11.3 Å². The predicted octanol–water partition coefficient (Wildman–Crippen LogP) is 6.52. The fraction of sp³-hybridized carbons (Fsp3) is 0.148. The molecule has 0 saturated carbocycles. The molecule has 3 aromatic carbocycles. The first kappa shape index (κ1) is 34.1. The monoisotopic (exact) mass is 726 g/mol. The van der Waals surface area contributed by atoms with Crippen molar-refractivity contribution >= 4 is 42.6 Å². The number of carboxylic acid groups (broad SMARTS) is 1. The Labute approximate surface area is 234 Å². The first-order chi connectivity index (χ1) is 16.9. The Hall–Kier alpha value is -2.86. The van der Waals surface area contributed by atoms with Gasteiger partial charge in [0.15, 0.2) is 0 Å². The Balaban J connectivity index is 0.00000148. The van der Waals surface area contributed by atoms with Crippen molar-refractivity contribution in [2.24, 2.45) is 5.34 Å². The zero-order valence-corrected chi connectivity index (χ0v) is 24.7. The van der Waals surface area contributed by atoms with Crippen LogP contribution in [0.25, 0.3) is 12.2 Å². The number of halogens is 2. The summed E-state index contributed by atoms with van der Waals surface area (Å²) in [6.45, 7) is 10.0. The van der Waals surface area contributed by atoms with Gasteiger partial charge in [-0.2, -0.15) is 0 Å². The van der Waals surface area contributed by atoms with Gasteiger partial charge in [-0.05, 0) is 48.9 Å². The molecule has 37 heavy (non-hydrogen) atoms. The second-order valence-electron chi connectivity index (χ2n) is 7.13. The van der Waals surface area contributed by atoms with E-state index in [2.05, 4.69) is 31.4 Å². The Morgan fingerprint density at radius 3 is 2.19 bits per heavy atom. The summed E-state index contributed by atoms with van der Waals surface area (Å²) >= 11 is -0.472. The molecule has 0 amide bonds. The van der Waals surface area contributed by atoms with Crippen LogP contribution < -0.4 is 20.1 Å². The van der Waals surface area contributed by atoms with Gasteiger partial charge in [-0.3, -0.25) is 0 Å². The van der Waals surface area contributed by atoms with Crippen molar-refractivity contribution in [2.45, 2.75) is 13.8 Å². The molecule has 0 radical (unpaired) electrons. The van der Waals surface area contributed by atoms with Crippen molar-refractivity contribution in [1.82, 2.24) is 0 Å². The summed E-state index contributed by atoms with van der Waals surface area (Å²) in [6, 6.07) is 19.0. The van der Waals surface area contributed by atoms with Crippen LogP contribution in [0, 0.1) is 25.0 Å². The van der Waals surface area contributed by atoms with Crippen LogP contribution in [0.5, 0.6) is 11.5 Å². The van der Waals surface area contributed by atoms with Gasteiger partial charge in [0.1, 0.15) is 11.5 Å². The van der Waals surface area contributed by atoms with Gasteiger partial charge in [-0.25, -0.2) is 4.79 Å². The minimum absolute atomic E-state index is 0. The van der Waals surface area contributed by atoms with E-state index in [-0.39, 0.29) is 20.4 Å². The molecule has 0 spiro atoms. The van der Waals surface area contributed by atoms with E-state index in [1.54, 1.807) is 12.1 Å². The zero-order valence-electron chi connectivity index (χ0n) is 20.9. The van der Waals surface area contributed by atoms with Gasteiger partial charge in [-0.15, -0.1) is 5.34 Å². The van der Waals surface area contributed by atoms with E-state index in [1.165, 1.54) is 0 Å². The molecule has 1 aliphatic rings. The number of rotatable bonds is 5. The van der Waals surface area contributed by atoms with Crippen LogP contribution in [0.3, 0.4) is 0 Å². The summed E-state index contributed by atoms with van der Waals surface area (Å²) in [6.07, 6.45) is 0. The molecule has 1 heterocycles. The van der Waals surface area contributed by atoms with E-state index in [0.717, 1.165) is 51.4 Å². The SMILES string of the molecule is C=c1ccc2c(c1)Oc1cc(N(CC)CC)ccc1C=2c1ccccc1C(=O)O.O=N[O-].[CH3-].[CH3-].[Cl][Pt+2][Cl]. The average molecular weight is 728 g/mol. The van der Waals surface area contributed by atoms with Crippen molar-refractivity contribution in [3.63, 3.8) is 0 Å². The van der Waals surface area contributed by atoms with Crippen molar-refractivity contribution in [3.05, 3.63) is 113 Å². The Kier molecular flexibility index (Phi) is 15.5. The van der Waals surface area contributed by atoms with Gasteiger partial charge in [0.05, 0.1) is 5.56 Å². The summed E-state index contributed by atoms with van der Waals surface area (Å²) < 4.78 is 6.26. The number of carbonyl (C=O) groups is 1. The molecule has 0 aromatic heterocycles. The molecule has 0 aliphatic carbocycles. The van der Waals surface area contributed by atoms with Gasteiger partial charge >= 0.3 is 41.3 Å². The van der Waals surface area contributed by atoms with Crippen molar-refractivity contribution < 1.29 is 31.1 Å². The maximum absolute atomic E-state index is 11.9. The van der Waals surface area contributed by atoms with Gasteiger partial charge in [0.25, 0.3) is 0 Å². The fourth-order valence-electron chi connectivity index (χ4n) is 3.89. The Morgan fingerprint density at radius 1 is 1.03 bits per heavy atom. The van der Waals surface area contributed by atoms with Crippen molar-refractivity contribution in [3.8, 4) is 11.5 Å². The number of fused-ring (bicyclic) bond motifs is 2. The molecular formula is C27H29Cl2N2O5Pt-. The number of ether oxygens (including phenoxy) is 1. The van der Waals surface area contributed by atoms with Gasteiger partial charge in [0.2, 0.25) is 0 Å². The van der Waals surface area contributed by atoms with E-state index < -0.39 is 22.5 Å². The molecule has 1 N–H and O–H groups in total. The molecule has 202 valence electrons. The van der Waals surface area contributed by atoms with E-state index >= 15 is 0 Å². The van der Waals surface area contributed by atoms with Gasteiger partial charge in [0, 0.05) is 41.2 Å². The van der Waals surface area contributed by atoms with Crippen molar-refractivity contribution in [2.75, 3.05) is 18.0 Å². The van der Waals surface area contributed by atoms with Crippen LogP contribution in [0.15, 0.2) is 66.0 Å². The molecule has 1 aliphatic heterocycles. The van der Waals surface area contributed by atoms with Crippen molar-refractivity contribution in [1.29, 1.82) is 0 Å². The molecule has 4 rings (SSSR count). The summed E-state index contributed by atoms with van der Waals surface area (Å²) in [4.78, 5) is 22.2. The van der Waals surface area contributed by atoms with Crippen LogP contribution >= 0.6 is 18.8 Å². The normalized spacial score (nSPS) is 10.3. The molecule has 0 atom stereocenters. The number of hydrogen-bond acceptors (Lipinski definition) is 6. The summed E-state index contributed by atoms with van der Waals surface area (Å²) in [7, 11) is 9.75. The van der Waals surface area contributed by atoms with Crippen LogP contribution in [-0.4, -0.2) is 24.2 Å². The third-order valence-corrected chi connectivity index (χ3v) is 5.33. The summed E-state index contributed by atoms with van der Waals surface area (Å²) in [5.74, 6) is 0.468. The Bertz CT molecular complexity index is 1300. The minimum atomic E-state index is -0.948. The van der Waals surface area contributed by atoms with Crippen LogP contribution in [0.1, 0.15) is 35.3 Å². The van der Waals surface area contributed by atoms with Gasteiger partial charge in [-0.1, -0.05) is 36.9 Å². The first-order valence-electron chi connectivity index (χ1n) is 10.4. The molecule has 0 fully saturated rings. The second kappa shape index (κ2) is 16.8. The maximum atomic E-state index is 11.9. The molecule has 0 saturated heterocycles. The zero-order chi connectivity index (χ0) is 26.0. The van der Waals surface area contributed by atoms with E-state index in [1.807, 2.05) is 42.5 Å². The summed E-state index contributed by atoms with van der Waals surface area (Å²) in [5, 5.41) is 20.5. The first-order valence-corrected chi connectivity index (χ1v) is 16.0. The molecular weight excluding hydrogens is 698 g/mol. The quantitative estimate of drug-likeness (QED) is 0.143. The molecule has 10 heteroatoms. The summed E-state index contributed by atoms with van der Waals surface area (Å²) in [5.41, 5.74) is 3.78. The van der Waals surface area contributed by atoms with Crippen LogP contribution in [-0.2, 0) is 16.5 Å². The fourth-order valence-corrected chi connectivity index (χ4v) is 3.89. The molecule has 7 nitrogen and oxygen atoms in total. The third kappa shape index (κ3) is 8.32. The number of aromatic carboxylic acids is 1. The second-order valence-corrected chi connectivity index (χ2v) is 10.4. The molecule has 3 aromatic rings. The van der Waals surface area contributed by atoms with Gasteiger partial charge < -0.3 is 39.7 Å². The van der Waals surface area contributed by atoms with Crippen LogP contribution in [0.2, 0.25) is 0 Å². The van der Waals surface area contributed by atoms with E-state index in [9.17, 15) is 9.90 Å². The van der Waals surface area contributed by atoms with Crippen LogP contribution in [0.4, 0.5) is 5.69 Å². The number of nitrogens with zero attached hydrogens (tertiary/aromatic N) is 2. The number of carboxylic acids is 1. The Morgan fingerprint density at radius 2 is 1.62 bits per heavy atom. The molecule has 0 unspecified atom stereocenters. The third-order valence-electron chi connectivity index (χ3n) is 5.33. The molecule has 0 bridgehead atoms. The van der Waals surface area contributed by atoms with E-state index in [4.69, 9.17) is 33.7 Å². The number of benzene rings is 3. The predicted molar refractivity (Wildman–Crippen MR) is 150 cm³/mol. The number of anilines is 1. The topological polar surface area (TPSA) is 102 Å².